The predicted octanol–water partition coefficient (Wildman–Crippen LogP) is 1.51. The van der Waals surface area contributed by atoms with Crippen LogP contribution >= 0.6 is 0 Å². The summed E-state index contributed by atoms with van der Waals surface area (Å²) < 4.78 is 0. The molecule has 0 spiro atoms. The van der Waals surface area contributed by atoms with Gasteiger partial charge in [0.15, 0.2) is 0 Å². The zero-order chi connectivity index (χ0) is 12.1. The van der Waals surface area contributed by atoms with Crippen molar-refractivity contribution < 1.29 is 0 Å². The molecule has 1 aromatic heterocycles. The molecule has 1 aliphatic carbocycles. The SMILES string of the molecule is Cc1[nH]ncc1CCCNC1CCC(N)CC1. The summed E-state index contributed by atoms with van der Waals surface area (Å²) in [4.78, 5) is 0. The Morgan fingerprint density at radius 1 is 1.41 bits per heavy atom. The van der Waals surface area contributed by atoms with Gasteiger partial charge in [-0.3, -0.25) is 5.10 Å². The second-order valence-electron chi connectivity index (χ2n) is 5.19. The van der Waals surface area contributed by atoms with Crippen LogP contribution in [0.3, 0.4) is 0 Å². The molecule has 4 nitrogen and oxygen atoms in total. The fourth-order valence-corrected chi connectivity index (χ4v) is 2.54. The molecule has 1 aromatic rings. The van der Waals surface area contributed by atoms with Crippen LogP contribution in [-0.2, 0) is 6.42 Å². The van der Waals surface area contributed by atoms with Gasteiger partial charge in [-0.15, -0.1) is 0 Å². The second-order valence-corrected chi connectivity index (χ2v) is 5.19. The molecule has 1 fully saturated rings. The van der Waals surface area contributed by atoms with Gasteiger partial charge in [-0.1, -0.05) is 0 Å². The van der Waals surface area contributed by atoms with Gasteiger partial charge in [0.1, 0.15) is 0 Å². The van der Waals surface area contributed by atoms with Crippen molar-refractivity contribution in [2.24, 2.45) is 5.73 Å². The number of aromatic nitrogens is 2. The molecule has 2 rings (SSSR count). The lowest BCUT2D eigenvalue weighted by Crippen LogP contribution is -2.37. The molecule has 17 heavy (non-hydrogen) atoms. The maximum atomic E-state index is 5.89. The van der Waals surface area contributed by atoms with Crippen molar-refractivity contribution in [3.8, 4) is 0 Å². The van der Waals surface area contributed by atoms with Crippen LogP contribution in [0.25, 0.3) is 0 Å². The van der Waals surface area contributed by atoms with Crippen molar-refractivity contribution in [3.63, 3.8) is 0 Å². The average Bonchev–Trinajstić information content (AvgIpc) is 2.73. The summed E-state index contributed by atoms with van der Waals surface area (Å²) in [5.41, 5.74) is 8.44. The Labute approximate surface area is 103 Å². The minimum absolute atomic E-state index is 0.446. The first kappa shape index (κ1) is 12.6. The summed E-state index contributed by atoms with van der Waals surface area (Å²) in [7, 11) is 0. The van der Waals surface area contributed by atoms with Gasteiger partial charge in [0.2, 0.25) is 0 Å². The van der Waals surface area contributed by atoms with E-state index in [1.54, 1.807) is 0 Å². The highest BCUT2D eigenvalue weighted by molar-refractivity contribution is 5.14. The van der Waals surface area contributed by atoms with Crippen LogP contribution in [-0.4, -0.2) is 28.8 Å². The number of nitrogens with two attached hydrogens (primary N) is 1. The van der Waals surface area contributed by atoms with Crippen molar-refractivity contribution in [1.82, 2.24) is 15.5 Å². The van der Waals surface area contributed by atoms with Crippen LogP contribution in [0.5, 0.6) is 0 Å². The van der Waals surface area contributed by atoms with Crippen LogP contribution in [0.4, 0.5) is 0 Å². The Hall–Kier alpha value is -0.870. The number of aryl methyl sites for hydroxylation is 2. The molecular formula is C13H24N4. The van der Waals surface area contributed by atoms with Crippen LogP contribution in [0, 0.1) is 6.92 Å². The van der Waals surface area contributed by atoms with Gasteiger partial charge < -0.3 is 11.1 Å². The molecule has 0 aromatic carbocycles. The fourth-order valence-electron chi connectivity index (χ4n) is 2.54. The number of nitrogens with one attached hydrogen (secondary N) is 2. The highest BCUT2D eigenvalue weighted by atomic mass is 15.1. The average molecular weight is 236 g/mol. The zero-order valence-corrected chi connectivity index (χ0v) is 10.7. The van der Waals surface area contributed by atoms with E-state index >= 15 is 0 Å². The third kappa shape index (κ3) is 3.82. The Kier molecular flexibility index (Phi) is 4.57. The summed E-state index contributed by atoms with van der Waals surface area (Å²) in [6.07, 6.45) is 9.08. The lowest BCUT2D eigenvalue weighted by atomic mass is 9.92. The van der Waals surface area contributed by atoms with Gasteiger partial charge in [0, 0.05) is 17.8 Å². The van der Waals surface area contributed by atoms with Crippen molar-refractivity contribution >= 4 is 0 Å². The minimum Gasteiger partial charge on any atom is -0.328 e. The van der Waals surface area contributed by atoms with Crippen molar-refractivity contribution in [3.05, 3.63) is 17.5 Å². The number of aromatic amines is 1. The van der Waals surface area contributed by atoms with E-state index in [0.717, 1.165) is 13.0 Å². The highest BCUT2D eigenvalue weighted by Crippen LogP contribution is 2.16. The first-order valence-corrected chi connectivity index (χ1v) is 6.73. The summed E-state index contributed by atoms with van der Waals surface area (Å²) >= 11 is 0. The standard InChI is InChI=1S/C13H24N4/c1-10-11(9-16-17-10)3-2-8-15-13-6-4-12(14)5-7-13/h9,12-13,15H,2-8,14H2,1H3,(H,16,17). The largest absolute Gasteiger partial charge is 0.328 e. The summed E-state index contributed by atoms with van der Waals surface area (Å²) in [5.74, 6) is 0. The quantitative estimate of drug-likeness (QED) is 0.679. The van der Waals surface area contributed by atoms with Crippen molar-refractivity contribution in [2.45, 2.75) is 57.5 Å². The van der Waals surface area contributed by atoms with Crippen LogP contribution in [0.1, 0.15) is 43.4 Å². The van der Waals surface area contributed by atoms with Gasteiger partial charge >= 0.3 is 0 Å². The number of H-pyrrole nitrogens is 1. The van der Waals surface area contributed by atoms with Gasteiger partial charge in [-0.05, 0) is 57.6 Å². The van der Waals surface area contributed by atoms with Gasteiger partial charge in [-0.25, -0.2) is 0 Å². The van der Waals surface area contributed by atoms with Gasteiger partial charge in [0.25, 0.3) is 0 Å². The summed E-state index contributed by atoms with van der Waals surface area (Å²) in [6, 6.07) is 1.14. The number of hydrogen-bond donors (Lipinski definition) is 3. The molecule has 1 saturated carbocycles. The van der Waals surface area contributed by atoms with Gasteiger partial charge in [0.05, 0.1) is 6.20 Å². The number of nitrogens with zero attached hydrogens (tertiary/aromatic N) is 1. The first-order valence-electron chi connectivity index (χ1n) is 6.73. The topological polar surface area (TPSA) is 66.7 Å². The number of hydrogen-bond acceptors (Lipinski definition) is 3. The summed E-state index contributed by atoms with van der Waals surface area (Å²) in [5, 5.41) is 10.7. The maximum absolute atomic E-state index is 5.89. The van der Waals surface area contributed by atoms with E-state index in [1.165, 1.54) is 43.4 Å². The molecule has 1 aliphatic rings. The molecular weight excluding hydrogens is 212 g/mol. The molecule has 0 aliphatic heterocycles. The predicted molar refractivity (Wildman–Crippen MR) is 69.9 cm³/mol. The van der Waals surface area contributed by atoms with Gasteiger partial charge in [-0.2, -0.15) is 5.10 Å². The van der Waals surface area contributed by atoms with E-state index in [1.807, 2.05) is 6.20 Å². The number of rotatable bonds is 5. The van der Waals surface area contributed by atoms with E-state index in [-0.39, 0.29) is 0 Å². The normalized spacial score (nSPS) is 25.1. The van der Waals surface area contributed by atoms with Crippen LogP contribution < -0.4 is 11.1 Å². The van der Waals surface area contributed by atoms with E-state index in [4.69, 9.17) is 5.73 Å². The fraction of sp³-hybridized carbons (Fsp3) is 0.769. The Balaban J connectivity index is 1.59. The monoisotopic (exact) mass is 236 g/mol. The van der Waals surface area contributed by atoms with E-state index in [0.29, 0.717) is 12.1 Å². The van der Waals surface area contributed by atoms with E-state index in [2.05, 4.69) is 22.4 Å². The van der Waals surface area contributed by atoms with Crippen molar-refractivity contribution in [1.29, 1.82) is 0 Å². The molecule has 0 unspecified atom stereocenters. The lowest BCUT2D eigenvalue weighted by Gasteiger charge is -2.26. The van der Waals surface area contributed by atoms with E-state index in [9.17, 15) is 0 Å². The Morgan fingerprint density at radius 3 is 2.82 bits per heavy atom. The second kappa shape index (κ2) is 6.17. The van der Waals surface area contributed by atoms with Crippen LogP contribution in [0.2, 0.25) is 0 Å². The van der Waals surface area contributed by atoms with Crippen molar-refractivity contribution in [2.75, 3.05) is 6.54 Å². The first-order chi connectivity index (χ1) is 8.25. The Morgan fingerprint density at radius 2 is 2.18 bits per heavy atom. The molecule has 4 heteroatoms. The van der Waals surface area contributed by atoms with Crippen LogP contribution in [0.15, 0.2) is 6.20 Å². The third-order valence-electron chi connectivity index (χ3n) is 3.76. The molecule has 1 heterocycles. The summed E-state index contributed by atoms with van der Waals surface area (Å²) in [6.45, 7) is 3.18. The molecule has 0 atom stereocenters. The molecule has 0 radical (unpaired) electrons. The van der Waals surface area contributed by atoms with E-state index < -0.39 is 0 Å². The smallest absolute Gasteiger partial charge is 0.0522 e. The molecule has 4 N–H and O–H groups in total. The highest BCUT2D eigenvalue weighted by Gasteiger charge is 2.17. The molecule has 0 amide bonds. The third-order valence-corrected chi connectivity index (χ3v) is 3.76. The lowest BCUT2D eigenvalue weighted by molar-refractivity contribution is 0.342. The maximum Gasteiger partial charge on any atom is 0.0522 e. The molecule has 96 valence electrons. The Bertz CT molecular complexity index is 326. The zero-order valence-electron chi connectivity index (χ0n) is 10.7. The molecule has 0 bridgehead atoms. The molecule has 0 saturated heterocycles. The minimum atomic E-state index is 0.446.